The van der Waals surface area contributed by atoms with Crippen LogP contribution in [0.25, 0.3) is 0 Å². The summed E-state index contributed by atoms with van der Waals surface area (Å²) in [4.78, 5) is 7.20. The number of nitrogens with zero attached hydrogens (tertiary/aromatic N) is 2. The van der Waals surface area contributed by atoms with E-state index in [4.69, 9.17) is 4.42 Å². The van der Waals surface area contributed by atoms with E-state index in [1.807, 2.05) is 19.1 Å². The SMILES string of the molecule is C=C(C)CN=C(NCCCN1CCCCC1C)NCCc1ccco1.I. The van der Waals surface area contributed by atoms with Gasteiger partial charge in [0.2, 0.25) is 0 Å². The van der Waals surface area contributed by atoms with Crippen LogP contribution in [0.3, 0.4) is 0 Å². The molecule has 2 N–H and O–H groups in total. The fraction of sp³-hybridized carbons (Fsp3) is 0.650. The molecule has 0 aliphatic carbocycles. The van der Waals surface area contributed by atoms with E-state index in [1.165, 1.54) is 25.8 Å². The van der Waals surface area contributed by atoms with Gasteiger partial charge < -0.3 is 20.0 Å². The molecule has 0 amide bonds. The Balaban J connectivity index is 0.00000338. The maximum atomic E-state index is 5.37. The third kappa shape index (κ3) is 9.07. The van der Waals surface area contributed by atoms with E-state index in [0.29, 0.717) is 6.54 Å². The van der Waals surface area contributed by atoms with Gasteiger partial charge in [-0.25, -0.2) is 4.99 Å². The second kappa shape index (κ2) is 13.2. The van der Waals surface area contributed by atoms with Gasteiger partial charge in [0, 0.05) is 32.1 Å². The van der Waals surface area contributed by atoms with Crippen LogP contribution in [0.5, 0.6) is 0 Å². The van der Waals surface area contributed by atoms with Gasteiger partial charge in [0.1, 0.15) is 5.76 Å². The molecule has 1 fully saturated rings. The predicted octanol–water partition coefficient (Wildman–Crippen LogP) is 3.82. The van der Waals surface area contributed by atoms with Gasteiger partial charge in [0.05, 0.1) is 12.8 Å². The van der Waals surface area contributed by atoms with Gasteiger partial charge in [0.15, 0.2) is 5.96 Å². The average Bonchev–Trinajstić information content (AvgIpc) is 3.10. The molecule has 1 aromatic rings. The number of guanidine groups is 1. The largest absolute Gasteiger partial charge is 0.469 e. The summed E-state index contributed by atoms with van der Waals surface area (Å²) in [6, 6.07) is 4.65. The van der Waals surface area contributed by atoms with Crippen molar-refractivity contribution < 1.29 is 4.42 Å². The molecular weight excluding hydrogens is 439 g/mol. The molecule has 1 aliphatic heterocycles. The summed E-state index contributed by atoms with van der Waals surface area (Å²) in [5, 5.41) is 6.83. The van der Waals surface area contributed by atoms with Gasteiger partial charge in [-0.3, -0.25) is 0 Å². The van der Waals surface area contributed by atoms with E-state index >= 15 is 0 Å². The number of furan rings is 1. The molecule has 148 valence electrons. The molecular formula is C20H35IN4O. The summed E-state index contributed by atoms with van der Waals surface area (Å²) in [7, 11) is 0. The lowest BCUT2D eigenvalue weighted by atomic mass is 10.0. The lowest BCUT2D eigenvalue weighted by Crippen LogP contribution is -2.42. The van der Waals surface area contributed by atoms with Crippen LogP contribution in [0.1, 0.15) is 45.3 Å². The molecule has 0 aromatic carbocycles. The Morgan fingerprint density at radius 3 is 2.85 bits per heavy atom. The zero-order valence-electron chi connectivity index (χ0n) is 16.3. The van der Waals surface area contributed by atoms with Crippen LogP contribution in [0, 0.1) is 0 Å². The molecule has 26 heavy (non-hydrogen) atoms. The Morgan fingerprint density at radius 1 is 1.35 bits per heavy atom. The monoisotopic (exact) mass is 474 g/mol. The summed E-state index contributed by atoms with van der Waals surface area (Å²) in [5.74, 6) is 1.85. The Morgan fingerprint density at radius 2 is 2.15 bits per heavy atom. The lowest BCUT2D eigenvalue weighted by Gasteiger charge is -2.33. The lowest BCUT2D eigenvalue weighted by molar-refractivity contribution is 0.159. The summed E-state index contributed by atoms with van der Waals surface area (Å²) >= 11 is 0. The van der Waals surface area contributed by atoms with Crippen LogP contribution >= 0.6 is 24.0 Å². The van der Waals surface area contributed by atoms with Crippen LogP contribution in [-0.2, 0) is 6.42 Å². The smallest absolute Gasteiger partial charge is 0.191 e. The molecule has 1 saturated heterocycles. The fourth-order valence-electron chi connectivity index (χ4n) is 3.13. The van der Waals surface area contributed by atoms with E-state index in [9.17, 15) is 0 Å². The van der Waals surface area contributed by atoms with E-state index in [2.05, 4.69) is 34.0 Å². The number of aliphatic imine (C=N–C) groups is 1. The van der Waals surface area contributed by atoms with E-state index in [-0.39, 0.29) is 24.0 Å². The van der Waals surface area contributed by atoms with Gasteiger partial charge >= 0.3 is 0 Å². The van der Waals surface area contributed by atoms with Crippen molar-refractivity contribution in [2.24, 2.45) is 4.99 Å². The molecule has 1 aliphatic rings. The first kappa shape index (κ1) is 23.0. The molecule has 0 radical (unpaired) electrons. The van der Waals surface area contributed by atoms with E-state index < -0.39 is 0 Å². The number of hydrogen-bond donors (Lipinski definition) is 2. The average molecular weight is 474 g/mol. The van der Waals surface area contributed by atoms with Gasteiger partial charge in [-0.05, 0) is 51.8 Å². The normalized spacial score (nSPS) is 18.2. The van der Waals surface area contributed by atoms with Crippen LogP contribution < -0.4 is 10.6 Å². The van der Waals surface area contributed by atoms with Crippen LogP contribution in [-0.4, -0.2) is 49.6 Å². The van der Waals surface area contributed by atoms with Crippen molar-refractivity contribution >= 4 is 29.9 Å². The highest BCUT2D eigenvalue weighted by atomic mass is 127. The molecule has 0 bridgehead atoms. The first-order valence-corrected chi connectivity index (χ1v) is 9.58. The number of piperidine rings is 1. The third-order valence-corrected chi connectivity index (χ3v) is 4.61. The number of hydrogen-bond acceptors (Lipinski definition) is 3. The van der Waals surface area contributed by atoms with Crippen LogP contribution in [0.2, 0.25) is 0 Å². The summed E-state index contributed by atoms with van der Waals surface area (Å²) in [6.07, 6.45) is 7.77. The zero-order valence-corrected chi connectivity index (χ0v) is 18.6. The van der Waals surface area contributed by atoms with Gasteiger partial charge in [-0.15, -0.1) is 24.0 Å². The second-order valence-electron chi connectivity index (χ2n) is 7.04. The van der Waals surface area contributed by atoms with Crippen molar-refractivity contribution in [3.05, 3.63) is 36.3 Å². The first-order chi connectivity index (χ1) is 12.1. The minimum absolute atomic E-state index is 0. The van der Waals surface area contributed by atoms with Crippen molar-refractivity contribution in [3.63, 3.8) is 0 Å². The number of nitrogens with one attached hydrogen (secondary N) is 2. The van der Waals surface area contributed by atoms with Gasteiger partial charge in [-0.2, -0.15) is 0 Å². The first-order valence-electron chi connectivity index (χ1n) is 9.58. The highest BCUT2D eigenvalue weighted by Crippen LogP contribution is 2.15. The maximum Gasteiger partial charge on any atom is 0.191 e. The predicted molar refractivity (Wildman–Crippen MR) is 120 cm³/mol. The Kier molecular flexibility index (Phi) is 11.7. The molecule has 6 heteroatoms. The topological polar surface area (TPSA) is 52.8 Å². The minimum atomic E-state index is 0. The number of halogens is 1. The van der Waals surface area contributed by atoms with Gasteiger partial charge in [0.25, 0.3) is 0 Å². The summed E-state index contributed by atoms with van der Waals surface area (Å²) in [5.41, 5.74) is 1.06. The molecule has 0 saturated carbocycles. The van der Waals surface area contributed by atoms with Crippen LogP contribution in [0.15, 0.2) is 40.0 Å². The molecule has 2 rings (SSSR count). The molecule has 0 spiro atoms. The van der Waals surface area contributed by atoms with Crippen molar-refractivity contribution in [2.45, 2.75) is 52.0 Å². The fourth-order valence-corrected chi connectivity index (χ4v) is 3.13. The summed E-state index contributed by atoms with van der Waals surface area (Å²) < 4.78 is 5.37. The summed E-state index contributed by atoms with van der Waals surface area (Å²) in [6.45, 7) is 13.1. The van der Waals surface area contributed by atoms with E-state index in [0.717, 1.165) is 55.8 Å². The van der Waals surface area contributed by atoms with Crippen LogP contribution in [0.4, 0.5) is 0 Å². The van der Waals surface area contributed by atoms with Crippen molar-refractivity contribution in [2.75, 3.05) is 32.7 Å². The van der Waals surface area contributed by atoms with E-state index in [1.54, 1.807) is 6.26 Å². The molecule has 1 unspecified atom stereocenters. The Hall–Kier alpha value is -1.02. The minimum Gasteiger partial charge on any atom is -0.469 e. The molecule has 1 atom stereocenters. The molecule has 1 aromatic heterocycles. The second-order valence-corrected chi connectivity index (χ2v) is 7.04. The maximum absolute atomic E-state index is 5.37. The molecule has 2 heterocycles. The third-order valence-electron chi connectivity index (χ3n) is 4.61. The Bertz CT molecular complexity index is 530. The number of likely N-dealkylation sites (tertiary alicyclic amines) is 1. The van der Waals surface area contributed by atoms with Gasteiger partial charge in [-0.1, -0.05) is 18.6 Å². The van der Waals surface area contributed by atoms with Crippen molar-refractivity contribution in [3.8, 4) is 0 Å². The highest BCUT2D eigenvalue weighted by molar-refractivity contribution is 14.0. The van der Waals surface area contributed by atoms with Crippen molar-refractivity contribution in [1.82, 2.24) is 15.5 Å². The standard InChI is InChI=1S/C20H34N4O.HI/c1-17(2)16-23-20(22-12-10-19-9-6-15-25-19)21-11-7-14-24-13-5-4-8-18(24)3;/h6,9,15,18H,1,4-5,7-8,10-14,16H2,2-3H3,(H2,21,22,23);1H. The molecule has 5 nitrogen and oxygen atoms in total. The quantitative estimate of drug-likeness (QED) is 0.188. The highest BCUT2D eigenvalue weighted by Gasteiger charge is 2.17. The van der Waals surface area contributed by atoms with Crippen molar-refractivity contribution in [1.29, 1.82) is 0 Å². The number of rotatable bonds is 9. The Labute approximate surface area is 175 Å². The zero-order chi connectivity index (χ0) is 17.9.